The molecule has 2 aromatic carbocycles. The topological polar surface area (TPSA) is 58.7 Å². The zero-order valence-corrected chi connectivity index (χ0v) is 12.7. The Kier molecular flexibility index (Phi) is 3.23. The number of nitrogens with two attached hydrogens (primary N) is 1. The lowest BCUT2D eigenvalue weighted by Crippen LogP contribution is -2.27. The average Bonchev–Trinajstić information content (AvgIpc) is 2.61. The molecule has 114 valence electrons. The Hall–Kier alpha value is -2.88. The number of rotatable bonds is 2. The third-order valence-corrected chi connectivity index (χ3v) is 4.39. The van der Waals surface area contributed by atoms with Crippen LogP contribution in [0.2, 0.25) is 0 Å². The van der Waals surface area contributed by atoms with Crippen LogP contribution >= 0.6 is 0 Å². The minimum Gasteiger partial charge on any atom is -0.399 e. The normalized spacial score (nSPS) is 16.5. The number of fused-ring (bicyclic) bond motifs is 2. The molecule has 2 aromatic rings. The van der Waals surface area contributed by atoms with Crippen LogP contribution in [0, 0.1) is 0 Å². The van der Waals surface area contributed by atoms with Gasteiger partial charge in [0.25, 0.3) is 0 Å². The maximum Gasteiger partial charge on any atom is 0.166 e. The summed E-state index contributed by atoms with van der Waals surface area (Å²) in [6, 6.07) is 16.0. The van der Waals surface area contributed by atoms with Gasteiger partial charge in [0.15, 0.2) is 6.29 Å². The summed E-state index contributed by atoms with van der Waals surface area (Å²) in [5.74, 6) is 0. The molecule has 4 heteroatoms. The lowest BCUT2D eigenvalue weighted by Gasteiger charge is -2.34. The Labute approximate surface area is 134 Å². The maximum atomic E-state index is 11.3. The van der Waals surface area contributed by atoms with E-state index in [9.17, 15) is 4.79 Å². The molecular formula is C19H17N3O. The largest absolute Gasteiger partial charge is 0.399 e. The molecule has 0 saturated carbocycles. The van der Waals surface area contributed by atoms with E-state index in [1.165, 1.54) is 11.1 Å². The minimum absolute atomic E-state index is 0.569. The molecule has 23 heavy (non-hydrogen) atoms. The summed E-state index contributed by atoms with van der Waals surface area (Å²) >= 11 is 0. The van der Waals surface area contributed by atoms with Crippen molar-refractivity contribution in [1.29, 1.82) is 0 Å². The molecule has 0 aromatic heterocycles. The first-order chi connectivity index (χ1) is 11.3. The van der Waals surface area contributed by atoms with Crippen molar-refractivity contribution in [3.8, 4) is 0 Å². The van der Waals surface area contributed by atoms with E-state index in [4.69, 9.17) is 5.73 Å². The number of nitrogens with zero attached hydrogens (tertiary/aromatic N) is 2. The maximum absolute atomic E-state index is 11.3. The van der Waals surface area contributed by atoms with Gasteiger partial charge in [-0.05, 0) is 48.2 Å². The molecule has 0 spiro atoms. The van der Waals surface area contributed by atoms with Crippen LogP contribution in [0.4, 0.5) is 11.4 Å². The molecule has 1 aliphatic heterocycles. The van der Waals surface area contributed by atoms with Crippen molar-refractivity contribution in [2.45, 2.75) is 19.3 Å². The Balaban J connectivity index is 1.91. The molecule has 4 nitrogen and oxygen atoms in total. The lowest BCUT2D eigenvalue weighted by atomic mass is 9.85. The molecule has 1 aliphatic carbocycles. The molecule has 0 bridgehead atoms. The molecule has 4 rings (SSSR count). The van der Waals surface area contributed by atoms with E-state index in [1.54, 1.807) is 0 Å². The first-order valence-electron chi connectivity index (χ1n) is 7.75. The summed E-state index contributed by atoms with van der Waals surface area (Å²) in [7, 11) is 0. The smallest absolute Gasteiger partial charge is 0.166 e. The number of carbonyl (C=O) groups excluding carboxylic acids is 1. The van der Waals surface area contributed by atoms with Crippen molar-refractivity contribution >= 4 is 29.1 Å². The number of hydrogen-bond acceptors (Lipinski definition) is 4. The summed E-state index contributed by atoms with van der Waals surface area (Å²) < 4.78 is 0. The Bertz CT molecular complexity index is 837. The highest BCUT2D eigenvalue weighted by Crippen LogP contribution is 2.40. The summed E-state index contributed by atoms with van der Waals surface area (Å²) in [4.78, 5) is 11.3. The molecular weight excluding hydrogens is 286 g/mol. The zero-order chi connectivity index (χ0) is 15.8. The van der Waals surface area contributed by atoms with Crippen LogP contribution in [0.25, 0.3) is 5.70 Å². The molecule has 0 saturated heterocycles. The monoisotopic (exact) mass is 303 g/mol. The lowest BCUT2D eigenvalue weighted by molar-refractivity contribution is -0.102. The van der Waals surface area contributed by atoms with E-state index >= 15 is 0 Å². The number of para-hydroxylation sites is 1. The van der Waals surface area contributed by atoms with E-state index in [0.717, 1.165) is 41.8 Å². The number of benzene rings is 2. The van der Waals surface area contributed by atoms with Crippen LogP contribution in [0.3, 0.4) is 0 Å². The van der Waals surface area contributed by atoms with Gasteiger partial charge in [-0.25, -0.2) is 5.01 Å². The first kappa shape index (κ1) is 13.8. The number of carbonyl (C=O) groups is 1. The summed E-state index contributed by atoms with van der Waals surface area (Å²) in [5, 5.41) is 6.46. The first-order valence-corrected chi connectivity index (χ1v) is 7.75. The number of anilines is 2. The Morgan fingerprint density at radius 2 is 1.91 bits per heavy atom. The second-order valence-electron chi connectivity index (χ2n) is 5.90. The second kappa shape index (κ2) is 5.39. The third-order valence-electron chi connectivity index (χ3n) is 4.39. The highest BCUT2D eigenvalue weighted by Gasteiger charge is 2.29. The molecule has 2 aliphatic rings. The van der Waals surface area contributed by atoms with Gasteiger partial charge in [0.2, 0.25) is 0 Å². The van der Waals surface area contributed by atoms with E-state index in [1.807, 2.05) is 47.5 Å². The molecule has 2 N–H and O–H groups in total. The van der Waals surface area contributed by atoms with Crippen LogP contribution in [0.15, 0.2) is 59.2 Å². The van der Waals surface area contributed by atoms with Crippen LogP contribution < -0.4 is 10.7 Å². The van der Waals surface area contributed by atoms with Gasteiger partial charge in [-0.2, -0.15) is 5.10 Å². The van der Waals surface area contributed by atoms with Crippen molar-refractivity contribution in [1.82, 2.24) is 0 Å². The third kappa shape index (κ3) is 2.32. The number of hydrogen-bond donors (Lipinski definition) is 1. The van der Waals surface area contributed by atoms with Gasteiger partial charge in [-0.15, -0.1) is 0 Å². The highest BCUT2D eigenvalue weighted by molar-refractivity contribution is 6.30. The van der Waals surface area contributed by atoms with Crippen LogP contribution in [-0.2, 0) is 11.2 Å². The quantitative estimate of drug-likeness (QED) is 0.683. The van der Waals surface area contributed by atoms with E-state index in [0.29, 0.717) is 12.1 Å². The van der Waals surface area contributed by atoms with Gasteiger partial charge >= 0.3 is 0 Å². The van der Waals surface area contributed by atoms with E-state index in [2.05, 4.69) is 11.2 Å². The van der Waals surface area contributed by atoms with Crippen LogP contribution in [0.1, 0.15) is 24.0 Å². The fourth-order valence-corrected chi connectivity index (χ4v) is 3.32. The van der Waals surface area contributed by atoms with Gasteiger partial charge in [0.05, 0.1) is 11.4 Å². The van der Waals surface area contributed by atoms with Gasteiger partial charge < -0.3 is 5.73 Å². The molecule has 0 amide bonds. The molecule has 0 atom stereocenters. The number of allylic oxidation sites excluding steroid dienone is 1. The minimum atomic E-state index is 0.569. The van der Waals surface area contributed by atoms with Crippen molar-refractivity contribution < 1.29 is 4.79 Å². The van der Waals surface area contributed by atoms with E-state index < -0.39 is 0 Å². The predicted octanol–water partition coefficient (Wildman–Crippen LogP) is 3.39. The van der Waals surface area contributed by atoms with Crippen LogP contribution in [-0.4, -0.2) is 12.0 Å². The molecule has 1 heterocycles. The molecule has 0 unspecified atom stereocenters. The Morgan fingerprint density at radius 3 is 2.70 bits per heavy atom. The van der Waals surface area contributed by atoms with Crippen molar-refractivity contribution in [3.05, 3.63) is 65.2 Å². The summed E-state index contributed by atoms with van der Waals surface area (Å²) in [6.45, 7) is 0. The summed E-state index contributed by atoms with van der Waals surface area (Å²) in [5.41, 5.74) is 13.0. The van der Waals surface area contributed by atoms with Crippen LogP contribution in [0.5, 0.6) is 0 Å². The highest BCUT2D eigenvalue weighted by atomic mass is 16.1. The zero-order valence-electron chi connectivity index (χ0n) is 12.7. The van der Waals surface area contributed by atoms with E-state index in [-0.39, 0.29) is 0 Å². The second-order valence-corrected chi connectivity index (χ2v) is 5.90. The van der Waals surface area contributed by atoms with Gasteiger partial charge in [0.1, 0.15) is 5.71 Å². The van der Waals surface area contributed by atoms with Gasteiger partial charge in [-0.1, -0.05) is 24.3 Å². The standard InChI is InChI=1S/C19H17N3O/c20-15-9-8-13-6-7-14-10-16(12-23)21-22(19(14)18(13)11-15)17-4-2-1-3-5-17/h1-5,8-9,11-12H,6-7,10,20H2. The number of aldehydes is 1. The number of aryl methyl sites for hydroxylation is 1. The van der Waals surface area contributed by atoms with Crippen molar-refractivity contribution in [2.24, 2.45) is 5.10 Å². The van der Waals surface area contributed by atoms with Gasteiger partial charge in [0, 0.05) is 17.7 Å². The number of hydrazone groups is 1. The number of nitrogen functional groups attached to an aromatic ring is 1. The molecule has 0 fully saturated rings. The fourth-order valence-electron chi connectivity index (χ4n) is 3.32. The molecule has 0 radical (unpaired) electrons. The SMILES string of the molecule is Nc1ccc2c(c1)C1=C(CC2)CC(C=O)=NN1c1ccccc1. The van der Waals surface area contributed by atoms with Crippen molar-refractivity contribution in [3.63, 3.8) is 0 Å². The predicted molar refractivity (Wildman–Crippen MR) is 93.1 cm³/mol. The van der Waals surface area contributed by atoms with Gasteiger partial charge in [-0.3, -0.25) is 4.79 Å². The summed E-state index contributed by atoms with van der Waals surface area (Å²) in [6.07, 6.45) is 3.40. The average molecular weight is 303 g/mol. The fraction of sp³-hybridized carbons (Fsp3) is 0.158. The van der Waals surface area contributed by atoms with Crippen molar-refractivity contribution in [2.75, 3.05) is 10.7 Å². The Morgan fingerprint density at radius 1 is 1.09 bits per heavy atom.